The summed E-state index contributed by atoms with van der Waals surface area (Å²) < 4.78 is 5.33. The number of anilines is 1. The van der Waals surface area contributed by atoms with Crippen molar-refractivity contribution in [2.75, 3.05) is 11.9 Å². The van der Waals surface area contributed by atoms with Gasteiger partial charge in [-0.2, -0.15) is 0 Å². The van der Waals surface area contributed by atoms with E-state index in [1.165, 1.54) is 29.5 Å². The van der Waals surface area contributed by atoms with Crippen molar-refractivity contribution in [1.29, 1.82) is 0 Å². The number of non-ortho nitro benzene ring substituents is 1. The number of nitrogens with one attached hydrogen (secondary N) is 1. The number of thiophene rings is 1. The summed E-state index contributed by atoms with van der Waals surface area (Å²) >= 11 is 1.32. The number of rotatable bonds is 5. The quantitative estimate of drug-likeness (QED) is 0.677. The molecular formula is C13H12N2O4S. The average Bonchev–Trinajstić information content (AvgIpc) is 2.94. The van der Waals surface area contributed by atoms with E-state index in [0.29, 0.717) is 17.2 Å². The third-order valence-corrected chi connectivity index (χ3v) is 3.34. The molecular weight excluding hydrogens is 280 g/mol. The van der Waals surface area contributed by atoms with Crippen LogP contribution in [0.5, 0.6) is 5.75 Å². The molecule has 0 saturated heterocycles. The lowest BCUT2D eigenvalue weighted by molar-refractivity contribution is -0.384. The van der Waals surface area contributed by atoms with Gasteiger partial charge in [0.1, 0.15) is 5.75 Å². The van der Waals surface area contributed by atoms with Crippen LogP contribution in [0.1, 0.15) is 16.6 Å². The molecule has 104 valence electrons. The smallest absolute Gasteiger partial charge is 0.273 e. The summed E-state index contributed by atoms with van der Waals surface area (Å²) in [4.78, 5) is 22.8. The van der Waals surface area contributed by atoms with E-state index in [1.807, 2.05) is 0 Å². The first kappa shape index (κ1) is 14.0. The number of carbonyl (C=O) groups excluding carboxylic acids is 1. The third-order valence-electron chi connectivity index (χ3n) is 2.47. The van der Waals surface area contributed by atoms with Crippen molar-refractivity contribution in [2.24, 2.45) is 0 Å². The van der Waals surface area contributed by atoms with E-state index >= 15 is 0 Å². The molecule has 6 nitrogen and oxygen atoms in total. The van der Waals surface area contributed by atoms with Gasteiger partial charge in [-0.3, -0.25) is 14.9 Å². The maximum absolute atomic E-state index is 12.0. The monoisotopic (exact) mass is 292 g/mol. The predicted molar refractivity (Wildman–Crippen MR) is 76.5 cm³/mol. The van der Waals surface area contributed by atoms with Gasteiger partial charge in [0.05, 0.1) is 28.2 Å². The van der Waals surface area contributed by atoms with Crippen LogP contribution in [0.3, 0.4) is 0 Å². The number of ether oxygens (including phenoxy) is 1. The minimum atomic E-state index is -0.507. The Morgan fingerprint density at radius 1 is 1.45 bits per heavy atom. The van der Waals surface area contributed by atoms with Crippen molar-refractivity contribution >= 4 is 28.6 Å². The molecule has 0 radical (unpaired) electrons. The molecule has 0 aliphatic rings. The van der Waals surface area contributed by atoms with Crippen molar-refractivity contribution in [3.05, 3.63) is 50.7 Å². The lowest BCUT2D eigenvalue weighted by Gasteiger charge is -2.10. The zero-order valence-corrected chi connectivity index (χ0v) is 11.5. The molecule has 0 aliphatic carbocycles. The number of amides is 1. The normalized spacial score (nSPS) is 10.1. The summed E-state index contributed by atoms with van der Waals surface area (Å²) in [7, 11) is 0. The van der Waals surface area contributed by atoms with Crippen molar-refractivity contribution in [3.8, 4) is 5.75 Å². The molecule has 1 aromatic carbocycles. The van der Waals surface area contributed by atoms with Gasteiger partial charge >= 0.3 is 0 Å². The van der Waals surface area contributed by atoms with Gasteiger partial charge in [-0.1, -0.05) is 6.07 Å². The van der Waals surface area contributed by atoms with E-state index in [0.717, 1.165) is 0 Å². The van der Waals surface area contributed by atoms with Crippen LogP contribution in [0.4, 0.5) is 11.4 Å². The second-order valence-corrected chi connectivity index (χ2v) is 4.75. The highest BCUT2D eigenvalue weighted by Gasteiger charge is 2.15. The number of carbonyl (C=O) groups is 1. The summed E-state index contributed by atoms with van der Waals surface area (Å²) in [5.41, 5.74) is 0.332. The Bertz CT molecular complexity index is 625. The first-order valence-corrected chi connectivity index (χ1v) is 6.76. The van der Waals surface area contributed by atoms with E-state index in [1.54, 1.807) is 24.4 Å². The van der Waals surface area contributed by atoms with Crippen LogP contribution in [0, 0.1) is 10.1 Å². The Morgan fingerprint density at radius 2 is 2.25 bits per heavy atom. The molecule has 20 heavy (non-hydrogen) atoms. The standard InChI is InChI=1S/C13H12N2O4S/c1-2-19-11-8-9(15(17)18)5-6-10(11)14-13(16)12-4-3-7-20-12/h3-8H,2H2,1H3,(H,14,16). The first-order chi connectivity index (χ1) is 9.61. The molecule has 0 bridgehead atoms. The Kier molecular flexibility index (Phi) is 4.31. The van der Waals surface area contributed by atoms with E-state index < -0.39 is 4.92 Å². The highest BCUT2D eigenvalue weighted by molar-refractivity contribution is 7.12. The molecule has 2 aromatic rings. The second kappa shape index (κ2) is 6.16. The molecule has 0 atom stereocenters. The molecule has 0 spiro atoms. The van der Waals surface area contributed by atoms with Gasteiger partial charge in [0.25, 0.3) is 11.6 Å². The second-order valence-electron chi connectivity index (χ2n) is 3.80. The molecule has 0 unspecified atom stereocenters. The minimum absolute atomic E-state index is 0.0810. The van der Waals surface area contributed by atoms with Gasteiger partial charge in [-0.15, -0.1) is 11.3 Å². The molecule has 1 aromatic heterocycles. The number of hydrogen-bond acceptors (Lipinski definition) is 5. The number of hydrogen-bond donors (Lipinski definition) is 1. The van der Waals surface area contributed by atoms with Crippen LogP contribution < -0.4 is 10.1 Å². The highest BCUT2D eigenvalue weighted by atomic mass is 32.1. The lowest BCUT2D eigenvalue weighted by atomic mass is 10.2. The van der Waals surface area contributed by atoms with Crippen LogP contribution in [-0.2, 0) is 0 Å². The Hall–Kier alpha value is -2.41. The van der Waals surface area contributed by atoms with Crippen LogP contribution in [0.25, 0.3) is 0 Å². The fourth-order valence-electron chi connectivity index (χ4n) is 1.59. The fourth-order valence-corrected chi connectivity index (χ4v) is 2.21. The van der Waals surface area contributed by atoms with Crippen molar-refractivity contribution in [1.82, 2.24) is 0 Å². The van der Waals surface area contributed by atoms with Gasteiger partial charge in [0, 0.05) is 6.07 Å². The largest absolute Gasteiger partial charge is 0.491 e. The number of nitro benzene ring substituents is 1. The molecule has 0 fully saturated rings. The maximum atomic E-state index is 12.0. The van der Waals surface area contributed by atoms with E-state index in [4.69, 9.17) is 4.74 Å². The van der Waals surface area contributed by atoms with Crippen molar-refractivity contribution in [3.63, 3.8) is 0 Å². The number of nitrogens with zero attached hydrogens (tertiary/aromatic N) is 1. The van der Waals surface area contributed by atoms with E-state index in [9.17, 15) is 14.9 Å². The summed E-state index contributed by atoms with van der Waals surface area (Å²) in [6, 6.07) is 7.57. The Morgan fingerprint density at radius 3 is 2.85 bits per heavy atom. The van der Waals surface area contributed by atoms with Gasteiger partial charge in [-0.25, -0.2) is 0 Å². The average molecular weight is 292 g/mol. The van der Waals surface area contributed by atoms with Gasteiger partial charge in [0.2, 0.25) is 0 Å². The van der Waals surface area contributed by atoms with Crippen LogP contribution in [-0.4, -0.2) is 17.4 Å². The fraction of sp³-hybridized carbons (Fsp3) is 0.154. The Labute approximate surface area is 119 Å². The van der Waals surface area contributed by atoms with E-state index in [2.05, 4.69) is 5.32 Å². The highest BCUT2D eigenvalue weighted by Crippen LogP contribution is 2.30. The van der Waals surface area contributed by atoms with Gasteiger partial charge in [-0.05, 0) is 24.4 Å². The topological polar surface area (TPSA) is 81.5 Å². The lowest BCUT2D eigenvalue weighted by Crippen LogP contribution is -2.11. The minimum Gasteiger partial charge on any atom is -0.491 e. The summed E-state index contributed by atoms with van der Waals surface area (Å²) in [5.74, 6) is 0.0152. The molecule has 1 heterocycles. The SMILES string of the molecule is CCOc1cc([N+](=O)[O-])ccc1NC(=O)c1cccs1. The summed E-state index contributed by atoms with van der Waals surface area (Å²) in [6.07, 6.45) is 0. The molecule has 2 rings (SSSR count). The van der Waals surface area contributed by atoms with Crippen LogP contribution in [0.2, 0.25) is 0 Å². The van der Waals surface area contributed by atoms with Crippen molar-refractivity contribution in [2.45, 2.75) is 6.92 Å². The zero-order chi connectivity index (χ0) is 14.5. The molecule has 0 saturated carbocycles. The van der Waals surface area contributed by atoms with Crippen molar-refractivity contribution < 1.29 is 14.5 Å². The van der Waals surface area contributed by atoms with Gasteiger partial charge in [0.15, 0.2) is 0 Å². The molecule has 7 heteroatoms. The van der Waals surface area contributed by atoms with Crippen LogP contribution >= 0.6 is 11.3 Å². The zero-order valence-electron chi connectivity index (χ0n) is 10.7. The first-order valence-electron chi connectivity index (χ1n) is 5.88. The number of nitro groups is 1. The predicted octanol–water partition coefficient (Wildman–Crippen LogP) is 3.31. The maximum Gasteiger partial charge on any atom is 0.273 e. The summed E-state index contributed by atoms with van der Waals surface area (Å²) in [6.45, 7) is 2.12. The van der Waals surface area contributed by atoms with Gasteiger partial charge < -0.3 is 10.1 Å². The molecule has 1 amide bonds. The number of benzene rings is 1. The van der Waals surface area contributed by atoms with E-state index in [-0.39, 0.29) is 17.3 Å². The summed E-state index contributed by atoms with van der Waals surface area (Å²) in [5, 5.41) is 15.2. The Balaban J connectivity index is 2.26. The van der Waals surface area contributed by atoms with Crippen LogP contribution in [0.15, 0.2) is 35.7 Å². The third kappa shape index (κ3) is 3.12. The molecule has 1 N–H and O–H groups in total. The molecule has 0 aliphatic heterocycles.